The fraction of sp³-hybridized carbons (Fsp3) is 0.533. The highest BCUT2D eigenvalue weighted by molar-refractivity contribution is 14.1. The molecule has 1 fully saturated rings. The molecule has 1 saturated heterocycles. The minimum atomic E-state index is 0.0124. The summed E-state index contributed by atoms with van der Waals surface area (Å²) in [5.41, 5.74) is 0.718. The van der Waals surface area contributed by atoms with E-state index in [-0.39, 0.29) is 5.91 Å². The topological polar surface area (TPSA) is 32.3 Å². The summed E-state index contributed by atoms with van der Waals surface area (Å²) in [6, 6.07) is 6.42. The first-order chi connectivity index (χ1) is 9.47. The van der Waals surface area contributed by atoms with Crippen molar-refractivity contribution >= 4 is 44.4 Å². The molecule has 0 radical (unpaired) electrons. The van der Waals surface area contributed by atoms with Crippen molar-refractivity contribution in [2.24, 2.45) is 5.92 Å². The third-order valence-corrected chi connectivity index (χ3v) is 5.13. The number of benzene rings is 1. The van der Waals surface area contributed by atoms with Crippen LogP contribution in [0.3, 0.4) is 0 Å². The Balaban J connectivity index is 1.88. The molecule has 2 rings (SSSR count). The van der Waals surface area contributed by atoms with Gasteiger partial charge in [-0.1, -0.05) is 0 Å². The molecule has 3 nitrogen and oxygen atoms in total. The van der Waals surface area contributed by atoms with E-state index in [1.165, 1.54) is 6.42 Å². The molecule has 1 aliphatic heterocycles. The molecule has 1 aromatic rings. The van der Waals surface area contributed by atoms with E-state index in [2.05, 4.69) is 62.6 Å². The van der Waals surface area contributed by atoms with Crippen molar-refractivity contribution in [2.75, 3.05) is 19.6 Å². The average Bonchev–Trinajstić information content (AvgIpc) is 2.88. The maximum Gasteiger partial charge on any atom is 0.252 e. The van der Waals surface area contributed by atoms with Gasteiger partial charge in [0.05, 0.1) is 5.56 Å². The Labute approximate surface area is 142 Å². The number of hydrogen-bond donors (Lipinski definition) is 1. The third-order valence-electron chi connectivity index (χ3n) is 3.77. The van der Waals surface area contributed by atoms with Gasteiger partial charge in [0, 0.05) is 27.2 Å². The molecular weight excluding hydrogens is 431 g/mol. The molecule has 1 N–H and O–H groups in total. The number of nitrogens with zero attached hydrogens (tertiary/aromatic N) is 1. The summed E-state index contributed by atoms with van der Waals surface area (Å²) in [5.74, 6) is 0.585. The van der Waals surface area contributed by atoms with Crippen molar-refractivity contribution in [1.29, 1.82) is 0 Å². The zero-order valence-electron chi connectivity index (χ0n) is 11.8. The molecule has 20 heavy (non-hydrogen) atoms. The van der Waals surface area contributed by atoms with Gasteiger partial charge in [0.2, 0.25) is 0 Å². The van der Waals surface area contributed by atoms with Crippen molar-refractivity contribution in [3.63, 3.8) is 0 Å². The van der Waals surface area contributed by atoms with Gasteiger partial charge in [-0.3, -0.25) is 4.79 Å². The van der Waals surface area contributed by atoms with E-state index in [1.807, 2.05) is 18.2 Å². The number of carbonyl (C=O) groups is 1. The van der Waals surface area contributed by atoms with E-state index < -0.39 is 0 Å². The average molecular weight is 451 g/mol. The SMILES string of the molecule is CC(C)N1CCC(CNC(=O)c2cc(I)ccc2Br)C1. The van der Waals surface area contributed by atoms with E-state index in [1.54, 1.807) is 0 Å². The molecular formula is C15H20BrIN2O. The van der Waals surface area contributed by atoms with Crippen LogP contribution in [0.1, 0.15) is 30.6 Å². The van der Waals surface area contributed by atoms with Crippen LogP contribution in [-0.4, -0.2) is 36.5 Å². The molecule has 0 aromatic heterocycles. The summed E-state index contributed by atoms with van der Waals surface area (Å²) in [7, 11) is 0. The Morgan fingerprint density at radius 3 is 2.95 bits per heavy atom. The van der Waals surface area contributed by atoms with E-state index in [4.69, 9.17) is 0 Å². The van der Waals surface area contributed by atoms with Crippen LogP contribution in [0.15, 0.2) is 22.7 Å². The van der Waals surface area contributed by atoms with Gasteiger partial charge >= 0.3 is 0 Å². The summed E-state index contributed by atoms with van der Waals surface area (Å²) in [6.45, 7) is 7.45. The van der Waals surface area contributed by atoms with Gasteiger partial charge in [-0.25, -0.2) is 0 Å². The second-order valence-electron chi connectivity index (χ2n) is 5.58. The largest absolute Gasteiger partial charge is 0.352 e. The first-order valence-electron chi connectivity index (χ1n) is 6.94. The van der Waals surface area contributed by atoms with Gasteiger partial charge in [0.1, 0.15) is 0 Å². The summed E-state index contributed by atoms with van der Waals surface area (Å²) in [5, 5.41) is 3.07. The van der Waals surface area contributed by atoms with Gasteiger partial charge in [-0.05, 0) is 89.5 Å². The highest BCUT2D eigenvalue weighted by Crippen LogP contribution is 2.20. The minimum absolute atomic E-state index is 0.0124. The molecule has 0 bridgehead atoms. The quantitative estimate of drug-likeness (QED) is 0.712. The lowest BCUT2D eigenvalue weighted by atomic mass is 10.1. The second-order valence-corrected chi connectivity index (χ2v) is 7.68. The fourth-order valence-electron chi connectivity index (χ4n) is 2.50. The molecule has 1 amide bonds. The number of likely N-dealkylation sites (tertiary alicyclic amines) is 1. The zero-order chi connectivity index (χ0) is 14.7. The summed E-state index contributed by atoms with van der Waals surface area (Å²) in [4.78, 5) is 14.7. The first kappa shape index (κ1) is 16.2. The number of amides is 1. The second kappa shape index (κ2) is 7.22. The lowest BCUT2D eigenvalue weighted by molar-refractivity contribution is 0.0946. The lowest BCUT2D eigenvalue weighted by Crippen LogP contribution is -2.33. The molecule has 1 atom stereocenters. The Kier molecular flexibility index (Phi) is 5.86. The molecule has 0 aliphatic carbocycles. The molecule has 0 spiro atoms. The summed E-state index contributed by atoms with van der Waals surface area (Å²) < 4.78 is 1.92. The highest BCUT2D eigenvalue weighted by Gasteiger charge is 2.24. The predicted octanol–water partition coefficient (Wildman–Crippen LogP) is 3.51. The first-order valence-corrected chi connectivity index (χ1v) is 8.82. The monoisotopic (exact) mass is 450 g/mol. The number of rotatable bonds is 4. The van der Waals surface area contributed by atoms with Crippen molar-refractivity contribution in [1.82, 2.24) is 10.2 Å². The van der Waals surface area contributed by atoms with Gasteiger partial charge < -0.3 is 10.2 Å². The van der Waals surface area contributed by atoms with Crippen LogP contribution in [0, 0.1) is 9.49 Å². The van der Waals surface area contributed by atoms with E-state index in [0.717, 1.165) is 33.2 Å². The van der Waals surface area contributed by atoms with E-state index in [9.17, 15) is 4.79 Å². The number of halogens is 2. The maximum atomic E-state index is 12.2. The number of nitrogens with one attached hydrogen (secondary N) is 1. The third kappa shape index (κ3) is 4.18. The Hall–Kier alpha value is -0.140. The van der Waals surface area contributed by atoms with Gasteiger partial charge in [0.25, 0.3) is 5.91 Å². The summed E-state index contributed by atoms with van der Waals surface area (Å²) >= 11 is 5.67. The zero-order valence-corrected chi connectivity index (χ0v) is 15.6. The van der Waals surface area contributed by atoms with Gasteiger partial charge in [0.15, 0.2) is 0 Å². The van der Waals surface area contributed by atoms with Gasteiger partial charge in [-0.2, -0.15) is 0 Å². The minimum Gasteiger partial charge on any atom is -0.352 e. The fourth-order valence-corrected chi connectivity index (χ4v) is 3.42. The number of hydrogen-bond acceptors (Lipinski definition) is 2. The van der Waals surface area contributed by atoms with E-state index >= 15 is 0 Å². The molecule has 0 saturated carbocycles. The molecule has 5 heteroatoms. The van der Waals surface area contributed by atoms with Crippen molar-refractivity contribution in [2.45, 2.75) is 26.3 Å². The van der Waals surface area contributed by atoms with Crippen LogP contribution < -0.4 is 5.32 Å². The standard InChI is InChI=1S/C15H20BrIN2O/c1-10(2)19-6-5-11(9-19)8-18-15(20)13-7-12(17)3-4-14(13)16/h3-4,7,10-11H,5-6,8-9H2,1-2H3,(H,18,20). The van der Waals surface area contributed by atoms with Crippen LogP contribution in [-0.2, 0) is 0 Å². The number of carbonyl (C=O) groups excluding carboxylic acids is 1. The van der Waals surface area contributed by atoms with Crippen LogP contribution in [0.2, 0.25) is 0 Å². The van der Waals surface area contributed by atoms with Crippen LogP contribution in [0.25, 0.3) is 0 Å². The molecule has 1 aromatic carbocycles. The van der Waals surface area contributed by atoms with Crippen molar-refractivity contribution in [3.8, 4) is 0 Å². The van der Waals surface area contributed by atoms with Crippen molar-refractivity contribution < 1.29 is 4.79 Å². The van der Waals surface area contributed by atoms with E-state index in [0.29, 0.717) is 12.0 Å². The summed E-state index contributed by atoms with van der Waals surface area (Å²) in [6.07, 6.45) is 1.17. The lowest BCUT2D eigenvalue weighted by Gasteiger charge is -2.20. The smallest absolute Gasteiger partial charge is 0.252 e. The maximum absolute atomic E-state index is 12.2. The highest BCUT2D eigenvalue weighted by atomic mass is 127. The Bertz CT molecular complexity index is 493. The normalized spacial score (nSPS) is 19.6. The molecule has 110 valence electrons. The molecule has 1 aliphatic rings. The molecule has 1 heterocycles. The Morgan fingerprint density at radius 2 is 2.30 bits per heavy atom. The molecule has 1 unspecified atom stereocenters. The van der Waals surface area contributed by atoms with Crippen molar-refractivity contribution in [3.05, 3.63) is 31.8 Å². The van der Waals surface area contributed by atoms with Crippen LogP contribution in [0.4, 0.5) is 0 Å². The van der Waals surface area contributed by atoms with Crippen LogP contribution >= 0.6 is 38.5 Å². The predicted molar refractivity (Wildman–Crippen MR) is 94.0 cm³/mol. The van der Waals surface area contributed by atoms with Gasteiger partial charge in [-0.15, -0.1) is 0 Å². The Morgan fingerprint density at radius 1 is 1.55 bits per heavy atom. The van der Waals surface area contributed by atoms with Crippen LogP contribution in [0.5, 0.6) is 0 Å².